The molecule has 2 N–H and O–H groups in total. The van der Waals surface area contributed by atoms with Crippen molar-refractivity contribution in [3.8, 4) is 0 Å². The lowest BCUT2D eigenvalue weighted by molar-refractivity contribution is 0.138. The zero-order chi connectivity index (χ0) is 18.0. The van der Waals surface area contributed by atoms with Gasteiger partial charge in [0.1, 0.15) is 0 Å². The molecule has 0 radical (unpaired) electrons. The molecular formula is C19H40N4O. The topological polar surface area (TPSA) is 48.9 Å². The van der Waals surface area contributed by atoms with Gasteiger partial charge in [-0.2, -0.15) is 0 Å². The van der Waals surface area contributed by atoms with Crippen LogP contribution in [0.25, 0.3) is 0 Å². The molecule has 1 rings (SSSR count). The summed E-state index contributed by atoms with van der Waals surface area (Å²) in [6.45, 7) is 7.33. The maximum Gasteiger partial charge on any atom is 0.191 e. The van der Waals surface area contributed by atoms with Gasteiger partial charge < -0.3 is 20.3 Å². The van der Waals surface area contributed by atoms with Crippen molar-refractivity contribution in [2.75, 3.05) is 47.9 Å². The number of nitrogens with zero attached hydrogens (tertiary/aromatic N) is 2. The normalized spacial score (nSPS) is 19.1. The largest absolute Gasteiger partial charge is 0.385 e. The van der Waals surface area contributed by atoms with Gasteiger partial charge >= 0.3 is 0 Å². The summed E-state index contributed by atoms with van der Waals surface area (Å²) in [7, 11) is 7.97. The lowest BCUT2D eigenvalue weighted by Crippen LogP contribution is -2.48. The van der Waals surface area contributed by atoms with Crippen LogP contribution in [0.3, 0.4) is 0 Å². The fourth-order valence-corrected chi connectivity index (χ4v) is 3.69. The minimum atomic E-state index is 0.381. The highest BCUT2D eigenvalue weighted by atomic mass is 16.5. The molecule has 0 aromatic heterocycles. The third-order valence-corrected chi connectivity index (χ3v) is 5.33. The summed E-state index contributed by atoms with van der Waals surface area (Å²) in [4.78, 5) is 6.72. The molecule has 1 saturated carbocycles. The highest BCUT2D eigenvalue weighted by Crippen LogP contribution is 2.40. The minimum Gasteiger partial charge on any atom is -0.385 e. The number of ether oxygens (including phenoxy) is 1. The molecule has 1 aliphatic rings. The highest BCUT2D eigenvalue weighted by molar-refractivity contribution is 5.79. The molecule has 0 spiro atoms. The molecule has 1 aliphatic carbocycles. The molecule has 0 amide bonds. The average Bonchev–Trinajstić information content (AvgIpc) is 3.00. The van der Waals surface area contributed by atoms with Gasteiger partial charge in [0.25, 0.3) is 0 Å². The van der Waals surface area contributed by atoms with Crippen molar-refractivity contribution < 1.29 is 4.74 Å². The Morgan fingerprint density at radius 3 is 2.38 bits per heavy atom. The Bertz CT molecular complexity index is 362. The first-order valence-corrected chi connectivity index (χ1v) is 9.52. The Morgan fingerprint density at radius 1 is 1.21 bits per heavy atom. The van der Waals surface area contributed by atoms with E-state index < -0.39 is 0 Å². The first-order valence-electron chi connectivity index (χ1n) is 9.52. The minimum absolute atomic E-state index is 0.381. The van der Waals surface area contributed by atoms with E-state index >= 15 is 0 Å². The fraction of sp³-hybridized carbons (Fsp3) is 0.947. The third-order valence-electron chi connectivity index (χ3n) is 5.33. The summed E-state index contributed by atoms with van der Waals surface area (Å²) in [5, 5.41) is 7.09. The fourth-order valence-electron chi connectivity index (χ4n) is 3.69. The molecule has 5 heteroatoms. The number of aliphatic imine (C=N–C) groups is 1. The van der Waals surface area contributed by atoms with E-state index in [2.05, 4.69) is 48.5 Å². The van der Waals surface area contributed by atoms with Gasteiger partial charge in [-0.3, -0.25) is 4.99 Å². The Kier molecular flexibility index (Phi) is 9.67. The second kappa shape index (κ2) is 10.9. The summed E-state index contributed by atoms with van der Waals surface area (Å²) in [6, 6.07) is 0.525. The first-order chi connectivity index (χ1) is 11.4. The summed E-state index contributed by atoms with van der Waals surface area (Å²) < 4.78 is 5.33. The van der Waals surface area contributed by atoms with E-state index in [1.807, 2.05) is 7.05 Å². The van der Waals surface area contributed by atoms with E-state index in [-0.39, 0.29) is 0 Å². The monoisotopic (exact) mass is 340 g/mol. The average molecular weight is 341 g/mol. The van der Waals surface area contributed by atoms with E-state index in [0.29, 0.717) is 17.4 Å². The van der Waals surface area contributed by atoms with Crippen LogP contribution in [0.1, 0.15) is 52.4 Å². The molecule has 1 atom stereocenters. The highest BCUT2D eigenvalue weighted by Gasteiger charge is 2.33. The number of hydrogen-bond acceptors (Lipinski definition) is 3. The van der Waals surface area contributed by atoms with Crippen LogP contribution in [0.15, 0.2) is 4.99 Å². The SMILES string of the molecule is CN=C(NCC(CC(C)C)N(C)C)NCC1(CCOC)CCCC1. The van der Waals surface area contributed by atoms with Crippen LogP contribution < -0.4 is 10.6 Å². The summed E-state index contributed by atoms with van der Waals surface area (Å²) >= 11 is 0. The Balaban J connectivity index is 2.48. The van der Waals surface area contributed by atoms with Crippen molar-refractivity contribution in [3.05, 3.63) is 0 Å². The predicted molar refractivity (Wildman–Crippen MR) is 104 cm³/mol. The Hall–Kier alpha value is -0.810. The Morgan fingerprint density at radius 2 is 1.88 bits per heavy atom. The predicted octanol–water partition coefficient (Wildman–Crippen LogP) is 2.72. The van der Waals surface area contributed by atoms with Crippen molar-refractivity contribution in [3.63, 3.8) is 0 Å². The van der Waals surface area contributed by atoms with E-state index in [4.69, 9.17) is 4.74 Å². The molecule has 5 nitrogen and oxygen atoms in total. The van der Waals surface area contributed by atoms with Crippen LogP contribution in [-0.2, 0) is 4.74 Å². The van der Waals surface area contributed by atoms with Crippen molar-refractivity contribution >= 4 is 5.96 Å². The molecule has 1 unspecified atom stereocenters. The van der Waals surface area contributed by atoms with Crippen LogP contribution in [0.4, 0.5) is 0 Å². The van der Waals surface area contributed by atoms with E-state index in [1.165, 1.54) is 32.1 Å². The zero-order valence-corrected chi connectivity index (χ0v) is 16.8. The molecule has 0 saturated heterocycles. The second-order valence-electron chi connectivity index (χ2n) is 8.00. The van der Waals surface area contributed by atoms with Crippen LogP contribution in [0.5, 0.6) is 0 Å². The number of likely N-dealkylation sites (N-methyl/N-ethyl adjacent to an activating group) is 1. The van der Waals surface area contributed by atoms with Crippen molar-refractivity contribution in [2.24, 2.45) is 16.3 Å². The van der Waals surface area contributed by atoms with Gasteiger partial charge in [-0.1, -0.05) is 26.7 Å². The number of hydrogen-bond donors (Lipinski definition) is 2. The zero-order valence-electron chi connectivity index (χ0n) is 16.8. The van der Waals surface area contributed by atoms with Gasteiger partial charge in [0, 0.05) is 39.9 Å². The molecule has 142 valence electrons. The summed E-state index contributed by atoms with van der Waals surface area (Å²) in [5.41, 5.74) is 0.381. The Labute approximate surface area is 149 Å². The molecule has 1 fully saturated rings. The lowest BCUT2D eigenvalue weighted by Gasteiger charge is -2.31. The number of nitrogens with one attached hydrogen (secondary N) is 2. The number of methoxy groups -OCH3 is 1. The quantitative estimate of drug-likeness (QED) is 0.474. The van der Waals surface area contributed by atoms with E-state index in [1.54, 1.807) is 7.11 Å². The maximum atomic E-state index is 5.33. The molecule has 0 aromatic carbocycles. The van der Waals surface area contributed by atoms with Gasteiger partial charge in [0.15, 0.2) is 5.96 Å². The van der Waals surface area contributed by atoms with Crippen molar-refractivity contribution in [1.82, 2.24) is 15.5 Å². The van der Waals surface area contributed by atoms with Crippen LogP contribution >= 0.6 is 0 Å². The van der Waals surface area contributed by atoms with Gasteiger partial charge in [0.2, 0.25) is 0 Å². The molecular weight excluding hydrogens is 300 g/mol. The maximum absolute atomic E-state index is 5.33. The number of guanidine groups is 1. The van der Waals surface area contributed by atoms with Crippen molar-refractivity contribution in [2.45, 2.75) is 58.4 Å². The molecule has 24 heavy (non-hydrogen) atoms. The molecule has 0 heterocycles. The smallest absolute Gasteiger partial charge is 0.191 e. The van der Waals surface area contributed by atoms with Crippen LogP contribution in [0, 0.1) is 11.3 Å². The third kappa shape index (κ3) is 7.39. The van der Waals surface area contributed by atoms with Crippen molar-refractivity contribution in [1.29, 1.82) is 0 Å². The van der Waals surface area contributed by atoms with Gasteiger partial charge in [-0.15, -0.1) is 0 Å². The molecule has 0 bridgehead atoms. The standard InChI is InChI=1S/C19H40N4O/c1-16(2)13-17(23(4)5)14-21-18(20-3)22-15-19(11-12-24-6)9-7-8-10-19/h16-17H,7-15H2,1-6H3,(H2,20,21,22). The van der Waals surface area contributed by atoms with Gasteiger partial charge in [0.05, 0.1) is 0 Å². The van der Waals surface area contributed by atoms with Crippen LogP contribution in [0.2, 0.25) is 0 Å². The molecule has 0 aromatic rings. The van der Waals surface area contributed by atoms with E-state index in [0.717, 1.165) is 32.1 Å². The second-order valence-corrected chi connectivity index (χ2v) is 8.00. The lowest BCUT2D eigenvalue weighted by atomic mass is 9.83. The molecule has 0 aliphatic heterocycles. The van der Waals surface area contributed by atoms with Crippen LogP contribution in [-0.4, -0.2) is 64.9 Å². The summed E-state index contributed by atoms with van der Waals surface area (Å²) in [5.74, 6) is 1.62. The van der Waals surface area contributed by atoms with E-state index in [9.17, 15) is 0 Å². The van der Waals surface area contributed by atoms with Gasteiger partial charge in [-0.25, -0.2) is 0 Å². The summed E-state index contributed by atoms with van der Waals surface area (Å²) in [6.07, 6.45) is 7.61. The van der Waals surface area contributed by atoms with Gasteiger partial charge in [-0.05, 0) is 51.1 Å². The first kappa shape index (κ1) is 21.2. The number of rotatable bonds is 10.